The Hall–Kier alpha value is -3.86. The molecule has 0 saturated heterocycles. The SMILES string of the molecule is CCCN1\C(=C/C=C/C=C/c2sc3ccc(-c4ccccc4)cc3[n+]2CCC)Sc2ccc(-c3ccccc3)cc21. The summed E-state index contributed by atoms with van der Waals surface area (Å²) in [5.74, 6) is 0. The summed E-state index contributed by atoms with van der Waals surface area (Å²) in [6.45, 7) is 6.52. The molecule has 2 nitrogen and oxygen atoms in total. The molecule has 0 unspecified atom stereocenters. The summed E-state index contributed by atoms with van der Waals surface area (Å²) in [5, 5.41) is 2.57. The van der Waals surface area contributed by atoms with Gasteiger partial charge in [0.05, 0.1) is 10.7 Å². The third-order valence-electron chi connectivity index (χ3n) is 7.27. The van der Waals surface area contributed by atoms with Gasteiger partial charge in [-0.15, -0.1) is 0 Å². The Balaban J connectivity index is 1.22. The number of anilines is 1. The van der Waals surface area contributed by atoms with Crippen LogP contribution >= 0.6 is 23.1 Å². The number of thiazole rings is 1. The molecule has 0 saturated carbocycles. The topological polar surface area (TPSA) is 7.12 Å². The highest BCUT2D eigenvalue weighted by Crippen LogP contribution is 2.47. The van der Waals surface area contributed by atoms with Crippen molar-refractivity contribution >= 4 is 45.1 Å². The van der Waals surface area contributed by atoms with Gasteiger partial charge in [0, 0.05) is 30.0 Å². The van der Waals surface area contributed by atoms with Crippen LogP contribution in [0.2, 0.25) is 0 Å². The zero-order valence-corrected chi connectivity index (χ0v) is 25.3. The second kappa shape index (κ2) is 12.8. The van der Waals surface area contributed by atoms with Crippen molar-refractivity contribution in [1.29, 1.82) is 0 Å². The molecule has 0 spiro atoms. The summed E-state index contributed by atoms with van der Waals surface area (Å²) < 4.78 is 3.79. The minimum Gasteiger partial charge on any atom is -0.335 e. The van der Waals surface area contributed by atoms with E-state index in [1.54, 1.807) is 0 Å². The molecule has 1 aromatic heterocycles. The summed E-state index contributed by atoms with van der Waals surface area (Å²) in [6, 6.07) is 35.0. The zero-order valence-electron chi connectivity index (χ0n) is 23.7. The second-order valence-corrected chi connectivity index (χ2v) is 12.3. The lowest BCUT2D eigenvalue weighted by molar-refractivity contribution is -0.668. The van der Waals surface area contributed by atoms with Crippen LogP contribution in [-0.4, -0.2) is 6.54 Å². The lowest BCUT2D eigenvalue weighted by Crippen LogP contribution is -2.34. The number of benzene rings is 4. The molecule has 5 aromatic rings. The molecular weight excluding hydrogens is 537 g/mol. The molecule has 1 aliphatic rings. The van der Waals surface area contributed by atoms with E-state index in [4.69, 9.17) is 0 Å². The molecule has 0 atom stereocenters. The Morgan fingerprint density at radius 1 is 0.707 bits per heavy atom. The van der Waals surface area contributed by atoms with E-state index in [2.05, 4.69) is 151 Å². The molecule has 2 heterocycles. The first kappa shape index (κ1) is 27.3. The summed E-state index contributed by atoms with van der Waals surface area (Å²) in [7, 11) is 0. The summed E-state index contributed by atoms with van der Waals surface area (Å²) in [5.41, 5.74) is 7.69. The van der Waals surface area contributed by atoms with Crippen molar-refractivity contribution in [3.63, 3.8) is 0 Å². The maximum Gasteiger partial charge on any atom is 0.262 e. The summed E-state index contributed by atoms with van der Waals surface area (Å²) >= 11 is 3.73. The van der Waals surface area contributed by atoms with Crippen molar-refractivity contribution in [1.82, 2.24) is 0 Å². The quantitative estimate of drug-likeness (QED) is 0.128. The van der Waals surface area contributed by atoms with E-state index in [1.165, 1.54) is 53.1 Å². The van der Waals surface area contributed by atoms with E-state index in [-0.39, 0.29) is 0 Å². The van der Waals surface area contributed by atoms with Crippen LogP contribution in [0.25, 0.3) is 38.5 Å². The van der Waals surface area contributed by atoms with E-state index in [1.807, 2.05) is 23.1 Å². The van der Waals surface area contributed by atoms with Crippen LogP contribution in [0.15, 0.2) is 131 Å². The number of aromatic nitrogens is 1. The molecule has 41 heavy (non-hydrogen) atoms. The molecule has 0 radical (unpaired) electrons. The van der Waals surface area contributed by atoms with Gasteiger partial charge in [0.25, 0.3) is 5.01 Å². The van der Waals surface area contributed by atoms with Crippen molar-refractivity contribution in [3.8, 4) is 22.3 Å². The Kier molecular flexibility index (Phi) is 8.50. The lowest BCUT2D eigenvalue weighted by Gasteiger charge is -2.20. The second-order valence-electron chi connectivity index (χ2n) is 10.2. The van der Waals surface area contributed by atoms with Crippen LogP contribution < -0.4 is 9.47 Å². The van der Waals surface area contributed by atoms with Gasteiger partial charge < -0.3 is 4.90 Å². The zero-order chi connectivity index (χ0) is 28.0. The molecular formula is C37H35N2S2+. The van der Waals surface area contributed by atoms with Gasteiger partial charge in [-0.1, -0.05) is 128 Å². The summed E-state index contributed by atoms with van der Waals surface area (Å²) in [6.07, 6.45) is 13.2. The highest BCUT2D eigenvalue weighted by molar-refractivity contribution is 8.03. The van der Waals surface area contributed by atoms with Crippen LogP contribution in [0.1, 0.15) is 31.7 Å². The van der Waals surface area contributed by atoms with Crippen molar-refractivity contribution in [2.24, 2.45) is 0 Å². The normalized spacial score (nSPS) is 14.2. The third kappa shape index (κ3) is 5.95. The number of aryl methyl sites for hydroxylation is 1. The minimum absolute atomic E-state index is 1.01. The number of fused-ring (bicyclic) bond motifs is 2. The number of allylic oxidation sites excluding steroid dienone is 4. The number of nitrogens with zero attached hydrogens (tertiary/aromatic N) is 2. The highest BCUT2D eigenvalue weighted by Gasteiger charge is 2.24. The third-order valence-corrected chi connectivity index (χ3v) is 9.53. The fourth-order valence-corrected chi connectivity index (χ4v) is 7.48. The first-order valence-corrected chi connectivity index (χ1v) is 16.1. The Labute approximate surface area is 252 Å². The molecule has 0 fully saturated rings. The molecule has 0 aliphatic carbocycles. The first-order chi connectivity index (χ1) is 20.2. The molecule has 0 bridgehead atoms. The monoisotopic (exact) mass is 571 g/mol. The van der Waals surface area contributed by atoms with E-state index in [0.29, 0.717) is 0 Å². The number of thioether (sulfide) groups is 1. The van der Waals surface area contributed by atoms with Gasteiger partial charge >= 0.3 is 0 Å². The Morgan fingerprint density at radius 2 is 1.41 bits per heavy atom. The lowest BCUT2D eigenvalue weighted by atomic mass is 10.0. The molecule has 6 rings (SSSR count). The van der Waals surface area contributed by atoms with Crippen LogP contribution in [-0.2, 0) is 6.54 Å². The van der Waals surface area contributed by atoms with Crippen molar-refractivity contribution in [3.05, 3.63) is 131 Å². The largest absolute Gasteiger partial charge is 0.335 e. The van der Waals surface area contributed by atoms with Gasteiger partial charge in [-0.05, 0) is 52.9 Å². The molecule has 4 heteroatoms. The first-order valence-electron chi connectivity index (χ1n) is 14.5. The minimum atomic E-state index is 1.01. The molecule has 0 amide bonds. The highest BCUT2D eigenvalue weighted by atomic mass is 32.2. The van der Waals surface area contributed by atoms with Gasteiger partial charge in [0.15, 0.2) is 0 Å². The Morgan fingerprint density at radius 3 is 2.12 bits per heavy atom. The average molecular weight is 572 g/mol. The van der Waals surface area contributed by atoms with Crippen LogP contribution in [0.4, 0.5) is 5.69 Å². The van der Waals surface area contributed by atoms with Gasteiger partial charge in [0.1, 0.15) is 11.2 Å². The fourth-order valence-electron chi connectivity index (χ4n) is 5.32. The smallest absolute Gasteiger partial charge is 0.262 e. The number of hydrogen-bond acceptors (Lipinski definition) is 3. The molecule has 204 valence electrons. The van der Waals surface area contributed by atoms with Crippen molar-refractivity contribution in [2.45, 2.75) is 38.1 Å². The van der Waals surface area contributed by atoms with Gasteiger partial charge in [-0.3, -0.25) is 0 Å². The van der Waals surface area contributed by atoms with E-state index >= 15 is 0 Å². The molecule has 0 N–H and O–H groups in total. The van der Waals surface area contributed by atoms with Crippen LogP contribution in [0, 0.1) is 0 Å². The van der Waals surface area contributed by atoms with Crippen molar-refractivity contribution in [2.75, 3.05) is 11.4 Å². The average Bonchev–Trinajstić information content (AvgIpc) is 3.54. The van der Waals surface area contributed by atoms with Crippen LogP contribution in [0.3, 0.4) is 0 Å². The predicted molar refractivity (Wildman–Crippen MR) is 179 cm³/mol. The molecule has 1 aliphatic heterocycles. The van der Waals surface area contributed by atoms with Crippen LogP contribution in [0.5, 0.6) is 0 Å². The predicted octanol–water partition coefficient (Wildman–Crippen LogP) is 10.4. The van der Waals surface area contributed by atoms with Gasteiger partial charge in [-0.25, -0.2) is 0 Å². The van der Waals surface area contributed by atoms with Gasteiger partial charge in [-0.2, -0.15) is 4.57 Å². The standard InChI is InChI=1S/C37H35N2S2/c1-3-24-38-32-26-30(28-14-8-5-9-15-28)20-22-34(32)40-36(38)18-12-7-13-19-37-39(25-4-2)33-27-31(21-23-35(33)41-37)29-16-10-6-11-17-29/h5-23,26-27H,3-4,24-25H2,1-2H3/q+1. The molecule has 4 aromatic carbocycles. The van der Waals surface area contributed by atoms with E-state index < -0.39 is 0 Å². The fraction of sp³-hybridized carbons (Fsp3) is 0.162. The van der Waals surface area contributed by atoms with E-state index in [9.17, 15) is 0 Å². The number of hydrogen-bond donors (Lipinski definition) is 0. The van der Waals surface area contributed by atoms with Crippen molar-refractivity contribution < 1.29 is 4.57 Å². The Bertz CT molecular complexity index is 1730. The summed E-state index contributed by atoms with van der Waals surface area (Å²) in [4.78, 5) is 3.79. The number of rotatable bonds is 9. The maximum absolute atomic E-state index is 2.46. The maximum atomic E-state index is 2.46. The van der Waals surface area contributed by atoms with E-state index in [0.717, 1.165) is 25.9 Å². The van der Waals surface area contributed by atoms with Gasteiger partial charge in [0.2, 0.25) is 5.52 Å².